The molecule has 0 bridgehead atoms. The molecule has 0 aliphatic heterocycles. The van der Waals surface area contributed by atoms with Gasteiger partial charge in [-0.05, 0) is 19.8 Å². The summed E-state index contributed by atoms with van der Waals surface area (Å²) in [5.41, 5.74) is 0. The summed E-state index contributed by atoms with van der Waals surface area (Å²) < 4.78 is 15.4. The van der Waals surface area contributed by atoms with Gasteiger partial charge >= 0.3 is 5.97 Å². The molecule has 0 saturated heterocycles. The molecule has 4 nitrogen and oxygen atoms in total. The van der Waals surface area contributed by atoms with Crippen LogP contribution in [0.4, 0.5) is 0 Å². The Morgan fingerprint density at radius 3 is 2.87 bits per heavy atom. The van der Waals surface area contributed by atoms with Crippen molar-refractivity contribution in [2.24, 2.45) is 5.92 Å². The maximum atomic E-state index is 11.0. The van der Waals surface area contributed by atoms with Crippen molar-refractivity contribution in [2.75, 3.05) is 26.9 Å². The lowest BCUT2D eigenvalue weighted by atomic mass is 10.1. The van der Waals surface area contributed by atoms with Crippen LogP contribution in [0.3, 0.4) is 0 Å². The number of ether oxygens (including phenoxy) is 3. The summed E-state index contributed by atoms with van der Waals surface area (Å²) in [6, 6.07) is 0. The van der Waals surface area contributed by atoms with E-state index in [0.717, 1.165) is 12.8 Å². The fourth-order valence-corrected chi connectivity index (χ4v) is 2.00. The monoisotopic (exact) mass is 216 g/mol. The van der Waals surface area contributed by atoms with E-state index in [4.69, 9.17) is 14.2 Å². The third-order valence-electron chi connectivity index (χ3n) is 2.75. The van der Waals surface area contributed by atoms with E-state index in [-0.39, 0.29) is 12.6 Å². The minimum absolute atomic E-state index is 0.0563. The lowest BCUT2D eigenvalue weighted by Gasteiger charge is -2.17. The van der Waals surface area contributed by atoms with Crippen LogP contribution < -0.4 is 0 Å². The van der Waals surface area contributed by atoms with Gasteiger partial charge in [-0.1, -0.05) is 6.42 Å². The molecule has 0 spiro atoms. The molecule has 88 valence electrons. The minimum Gasteiger partial charge on any atom is -0.464 e. The normalized spacial score (nSPS) is 25.5. The van der Waals surface area contributed by atoms with Gasteiger partial charge < -0.3 is 14.2 Å². The van der Waals surface area contributed by atoms with Gasteiger partial charge in [-0.2, -0.15) is 0 Å². The van der Waals surface area contributed by atoms with E-state index < -0.39 is 0 Å². The van der Waals surface area contributed by atoms with E-state index in [1.807, 2.05) is 0 Å². The Morgan fingerprint density at radius 2 is 2.20 bits per heavy atom. The molecular weight excluding hydrogens is 196 g/mol. The summed E-state index contributed by atoms with van der Waals surface area (Å²) in [5, 5.41) is 0. The van der Waals surface area contributed by atoms with Crippen LogP contribution in [0.15, 0.2) is 0 Å². The average molecular weight is 216 g/mol. The largest absolute Gasteiger partial charge is 0.464 e. The summed E-state index contributed by atoms with van der Waals surface area (Å²) >= 11 is 0. The molecule has 0 N–H and O–H groups in total. The summed E-state index contributed by atoms with van der Waals surface area (Å²) in [4.78, 5) is 11.0. The van der Waals surface area contributed by atoms with E-state index in [0.29, 0.717) is 25.2 Å². The van der Waals surface area contributed by atoms with Crippen molar-refractivity contribution in [1.82, 2.24) is 0 Å². The van der Waals surface area contributed by atoms with Gasteiger partial charge in [-0.15, -0.1) is 0 Å². The van der Waals surface area contributed by atoms with E-state index in [1.54, 1.807) is 14.0 Å². The first-order valence-corrected chi connectivity index (χ1v) is 5.54. The summed E-state index contributed by atoms with van der Waals surface area (Å²) in [5.74, 6) is 0.147. The van der Waals surface area contributed by atoms with Gasteiger partial charge in [-0.3, -0.25) is 0 Å². The first-order chi connectivity index (χ1) is 7.27. The van der Waals surface area contributed by atoms with Crippen LogP contribution in [-0.4, -0.2) is 39.0 Å². The molecule has 1 aliphatic rings. The fraction of sp³-hybridized carbons (Fsp3) is 0.909. The molecule has 2 unspecified atom stereocenters. The summed E-state index contributed by atoms with van der Waals surface area (Å²) in [6.07, 6.45) is 3.71. The first kappa shape index (κ1) is 12.5. The maximum Gasteiger partial charge on any atom is 0.332 e. The van der Waals surface area contributed by atoms with Crippen LogP contribution in [0, 0.1) is 5.92 Å². The quantitative estimate of drug-likeness (QED) is 0.629. The molecule has 0 aromatic heterocycles. The second-order valence-corrected chi connectivity index (χ2v) is 3.79. The Balaban J connectivity index is 2.11. The Labute approximate surface area is 90.9 Å². The first-order valence-electron chi connectivity index (χ1n) is 5.54. The van der Waals surface area contributed by atoms with Crippen molar-refractivity contribution in [3.8, 4) is 0 Å². The van der Waals surface area contributed by atoms with Crippen LogP contribution in [-0.2, 0) is 19.0 Å². The third-order valence-corrected chi connectivity index (χ3v) is 2.75. The standard InChI is InChI=1S/C11H20O4/c1-3-15-11(12)8-14-7-9-5-4-6-10(9)13-2/h9-10H,3-8H2,1-2H3. The highest BCUT2D eigenvalue weighted by Crippen LogP contribution is 2.27. The highest BCUT2D eigenvalue weighted by atomic mass is 16.6. The van der Waals surface area contributed by atoms with Crippen LogP contribution in [0.1, 0.15) is 26.2 Å². The molecule has 2 atom stereocenters. The second-order valence-electron chi connectivity index (χ2n) is 3.79. The number of esters is 1. The number of hydrogen-bond donors (Lipinski definition) is 0. The van der Waals surface area contributed by atoms with Crippen molar-refractivity contribution in [3.05, 3.63) is 0 Å². The average Bonchev–Trinajstić information content (AvgIpc) is 2.66. The Hall–Kier alpha value is -0.610. The molecule has 15 heavy (non-hydrogen) atoms. The summed E-state index contributed by atoms with van der Waals surface area (Å²) in [7, 11) is 1.73. The van der Waals surface area contributed by atoms with Crippen molar-refractivity contribution in [3.63, 3.8) is 0 Å². The van der Waals surface area contributed by atoms with Crippen LogP contribution in [0.2, 0.25) is 0 Å². The highest BCUT2D eigenvalue weighted by Gasteiger charge is 2.27. The predicted octanol–water partition coefficient (Wildman–Crippen LogP) is 1.38. The maximum absolute atomic E-state index is 11.0. The molecule has 1 fully saturated rings. The third kappa shape index (κ3) is 4.18. The molecule has 1 rings (SSSR count). The molecule has 0 radical (unpaired) electrons. The smallest absolute Gasteiger partial charge is 0.332 e. The van der Waals surface area contributed by atoms with Gasteiger partial charge in [0.05, 0.1) is 19.3 Å². The van der Waals surface area contributed by atoms with Gasteiger partial charge in [0.15, 0.2) is 0 Å². The minimum atomic E-state index is -0.288. The van der Waals surface area contributed by atoms with Gasteiger partial charge in [0.1, 0.15) is 6.61 Å². The van der Waals surface area contributed by atoms with E-state index in [2.05, 4.69) is 0 Å². The molecular formula is C11H20O4. The van der Waals surface area contributed by atoms with Gasteiger partial charge in [0, 0.05) is 13.0 Å². The second kappa shape index (κ2) is 6.80. The Morgan fingerprint density at radius 1 is 1.40 bits per heavy atom. The van der Waals surface area contributed by atoms with E-state index >= 15 is 0 Å². The number of hydrogen-bond acceptors (Lipinski definition) is 4. The fourth-order valence-electron chi connectivity index (χ4n) is 2.00. The van der Waals surface area contributed by atoms with Gasteiger partial charge in [-0.25, -0.2) is 4.79 Å². The van der Waals surface area contributed by atoms with Crippen molar-refractivity contribution in [2.45, 2.75) is 32.3 Å². The zero-order chi connectivity index (χ0) is 11.1. The topological polar surface area (TPSA) is 44.8 Å². The van der Waals surface area contributed by atoms with Gasteiger partial charge in [0.2, 0.25) is 0 Å². The van der Waals surface area contributed by atoms with E-state index in [1.165, 1.54) is 6.42 Å². The number of carbonyl (C=O) groups is 1. The number of methoxy groups -OCH3 is 1. The molecule has 0 aromatic rings. The SMILES string of the molecule is CCOC(=O)COCC1CCCC1OC. The predicted molar refractivity (Wildman–Crippen MR) is 55.6 cm³/mol. The highest BCUT2D eigenvalue weighted by molar-refractivity contribution is 5.70. The molecule has 0 amide bonds. The molecule has 0 aromatic carbocycles. The zero-order valence-electron chi connectivity index (χ0n) is 9.53. The lowest BCUT2D eigenvalue weighted by molar-refractivity contribution is -0.149. The van der Waals surface area contributed by atoms with Crippen molar-refractivity contribution in [1.29, 1.82) is 0 Å². The van der Waals surface area contributed by atoms with Crippen LogP contribution in [0.25, 0.3) is 0 Å². The van der Waals surface area contributed by atoms with Crippen molar-refractivity contribution < 1.29 is 19.0 Å². The lowest BCUT2D eigenvalue weighted by Crippen LogP contribution is -2.23. The van der Waals surface area contributed by atoms with Crippen LogP contribution >= 0.6 is 0 Å². The molecule has 1 aliphatic carbocycles. The van der Waals surface area contributed by atoms with Crippen LogP contribution in [0.5, 0.6) is 0 Å². The number of carbonyl (C=O) groups excluding carboxylic acids is 1. The number of rotatable bonds is 6. The Kier molecular flexibility index (Phi) is 5.65. The van der Waals surface area contributed by atoms with Gasteiger partial charge in [0.25, 0.3) is 0 Å². The zero-order valence-corrected chi connectivity index (χ0v) is 9.53. The van der Waals surface area contributed by atoms with Crippen molar-refractivity contribution >= 4 is 5.97 Å². The molecule has 1 saturated carbocycles. The van der Waals surface area contributed by atoms with E-state index in [9.17, 15) is 4.79 Å². The molecule has 4 heteroatoms. The summed E-state index contributed by atoms with van der Waals surface area (Å²) in [6.45, 7) is 2.85. The Bertz CT molecular complexity index is 193. The molecule has 0 heterocycles.